The lowest BCUT2D eigenvalue weighted by atomic mass is 10.3. The summed E-state index contributed by atoms with van der Waals surface area (Å²) in [5.74, 6) is -0.771. The third kappa shape index (κ3) is 3.87. The van der Waals surface area contributed by atoms with Gasteiger partial charge in [-0.25, -0.2) is 4.98 Å². The zero-order valence-corrected chi connectivity index (χ0v) is 11.1. The van der Waals surface area contributed by atoms with Gasteiger partial charge in [-0.3, -0.25) is 4.79 Å². The summed E-state index contributed by atoms with van der Waals surface area (Å²) in [5, 5.41) is -1.17. The highest BCUT2D eigenvalue weighted by Gasteiger charge is 2.34. The summed E-state index contributed by atoms with van der Waals surface area (Å²) in [5.41, 5.74) is -0.652. The SMILES string of the molecule is COc1nc(C(=O)Cl)c(OC(F)(F)F)cc1I. The monoisotopic (exact) mass is 381 g/mol. The Kier molecular flexibility index (Phi) is 4.42. The molecule has 0 fully saturated rings. The van der Waals surface area contributed by atoms with Crippen molar-refractivity contribution in [2.45, 2.75) is 6.36 Å². The van der Waals surface area contributed by atoms with Crippen molar-refractivity contribution in [3.05, 3.63) is 15.3 Å². The Balaban J connectivity index is 3.28. The quantitative estimate of drug-likeness (QED) is 0.597. The smallest absolute Gasteiger partial charge is 0.480 e. The number of carbonyl (C=O) groups excluding carboxylic acids is 1. The van der Waals surface area contributed by atoms with E-state index in [4.69, 9.17) is 16.3 Å². The average Bonchev–Trinajstić information content (AvgIpc) is 2.14. The molecule has 0 saturated heterocycles. The van der Waals surface area contributed by atoms with Crippen LogP contribution in [0.1, 0.15) is 10.5 Å². The van der Waals surface area contributed by atoms with E-state index in [-0.39, 0.29) is 9.45 Å². The predicted molar refractivity (Wildman–Crippen MR) is 60.4 cm³/mol. The molecule has 17 heavy (non-hydrogen) atoms. The predicted octanol–water partition coefficient (Wildman–Crippen LogP) is 2.97. The van der Waals surface area contributed by atoms with Crippen molar-refractivity contribution in [2.24, 2.45) is 0 Å². The summed E-state index contributed by atoms with van der Waals surface area (Å²) in [6.45, 7) is 0. The Hall–Kier alpha value is -0.770. The maximum Gasteiger partial charge on any atom is 0.573 e. The highest BCUT2D eigenvalue weighted by Crippen LogP contribution is 2.31. The Morgan fingerprint density at radius 1 is 1.53 bits per heavy atom. The van der Waals surface area contributed by atoms with E-state index < -0.39 is 23.0 Å². The van der Waals surface area contributed by atoms with E-state index in [1.54, 1.807) is 22.6 Å². The van der Waals surface area contributed by atoms with Gasteiger partial charge in [0.15, 0.2) is 11.4 Å². The molecule has 1 rings (SSSR count). The van der Waals surface area contributed by atoms with Crippen molar-refractivity contribution in [1.29, 1.82) is 0 Å². The Morgan fingerprint density at radius 2 is 2.12 bits per heavy atom. The summed E-state index contributed by atoms with van der Waals surface area (Å²) in [6.07, 6.45) is -4.93. The zero-order valence-electron chi connectivity index (χ0n) is 8.14. The molecule has 1 aromatic rings. The van der Waals surface area contributed by atoms with Crippen molar-refractivity contribution in [2.75, 3.05) is 7.11 Å². The van der Waals surface area contributed by atoms with Crippen LogP contribution in [0.5, 0.6) is 11.6 Å². The molecule has 0 radical (unpaired) electrons. The number of carbonyl (C=O) groups is 1. The summed E-state index contributed by atoms with van der Waals surface area (Å²) in [4.78, 5) is 14.5. The lowest BCUT2D eigenvalue weighted by Crippen LogP contribution is -2.19. The number of aromatic nitrogens is 1. The second-order valence-corrected chi connectivity index (χ2v) is 4.15. The number of nitrogens with zero attached hydrogens (tertiary/aromatic N) is 1. The maximum atomic E-state index is 12.1. The number of hydrogen-bond donors (Lipinski definition) is 0. The van der Waals surface area contributed by atoms with Gasteiger partial charge in [-0.15, -0.1) is 13.2 Å². The van der Waals surface area contributed by atoms with Crippen molar-refractivity contribution in [1.82, 2.24) is 4.98 Å². The zero-order chi connectivity index (χ0) is 13.2. The van der Waals surface area contributed by atoms with Gasteiger partial charge in [0.1, 0.15) is 0 Å². The topological polar surface area (TPSA) is 48.4 Å². The summed E-state index contributed by atoms with van der Waals surface area (Å²) < 4.78 is 44.8. The standard InChI is InChI=1S/C8H4ClF3INO3/c1-16-7-3(13)2-4(17-8(10,11)12)5(14-7)6(9)15/h2H,1H3. The molecule has 0 aliphatic heterocycles. The van der Waals surface area contributed by atoms with Crippen LogP contribution in [0, 0.1) is 3.57 Å². The van der Waals surface area contributed by atoms with Crippen molar-refractivity contribution in [3.63, 3.8) is 0 Å². The van der Waals surface area contributed by atoms with E-state index >= 15 is 0 Å². The molecule has 4 nitrogen and oxygen atoms in total. The van der Waals surface area contributed by atoms with Gasteiger partial charge in [0, 0.05) is 6.07 Å². The van der Waals surface area contributed by atoms with E-state index in [0.717, 1.165) is 6.07 Å². The van der Waals surface area contributed by atoms with Crippen molar-refractivity contribution < 1.29 is 27.4 Å². The highest BCUT2D eigenvalue weighted by molar-refractivity contribution is 14.1. The molecule has 1 heterocycles. The second-order valence-electron chi connectivity index (χ2n) is 2.65. The van der Waals surface area contributed by atoms with E-state index in [1.807, 2.05) is 0 Å². The molecule has 0 aliphatic carbocycles. The number of alkyl halides is 3. The van der Waals surface area contributed by atoms with Crippen molar-refractivity contribution in [3.8, 4) is 11.6 Å². The largest absolute Gasteiger partial charge is 0.573 e. The first-order valence-corrected chi connectivity index (χ1v) is 5.40. The highest BCUT2D eigenvalue weighted by atomic mass is 127. The number of ether oxygens (including phenoxy) is 2. The summed E-state index contributed by atoms with van der Waals surface area (Å²) in [7, 11) is 1.26. The Labute approximate surface area is 112 Å². The van der Waals surface area contributed by atoms with Gasteiger partial charge in [0.25, 0.3) is 5.24 Å². The van der Waals surface area contributed by atoms with Crippen LogP contribution in [0.15, 0.2) is 6.07 Å². The number of rotatable bonds is 3. The van der Waals surface area contributed by atoms with E-state index in [9.17, 15) is 18.0 Å². The normalized spacial score (nSPS) is 11.2. The van der Waals surface area contributed by atoms with Crippen LogP contribution < -0.4 is 9.47 Å². The Morgan fingerprint density at radius 3 is 2.53 bits per heavy atom. The third-order valence-corrected chi connectivity index (χ3v) is 2.47. The minimum atomic E-state index is -4.93. The maximum absolute atomic E-state index is 12.1. The third-order valence-electron chi connectivity index (χ3n) is 1.51. The van der Waals surface area contributed by atoms with Crippen LogP contribution in [0.25, 0.3) is 0 Å². The number of pyridine rings is 1. The summed E-state index contributed by atoms with van der Waals surface area (Å²) in [6, 6.07) is 0.968. The average molecular weight is 381 g/mol. The molecule has 0 amide bonds. The molecule has 0 unspecified atom stereocenters. The first-order chi connectivity index (χ1) is 7.74. The minimum absolute atomic E-state index is 0.0101. The fraction of sp³-hybridized carbons (Fsp3) is 0.250. The fourth-order valence-corrected chi connectivity index (χ4v) is 1.70. The van der Waals surface area contributed by atoms with Gasteiger partial charge in [-0.1, -0.05) is 0 Å². The number of methoxy groups -OCH3 is 1. The molecule has 0 aromatic carbocycles. The van der Waals surface area contributed by atoms with Gasteiger partial charge in [-0.2, -0.15) is 0 Å². The second kappa shape index (κ2) is 5.25. The van der Waals surface area contributed by atoms with Crippen molar-refractivity contribution >= 4 is 39.4 Å². The Bertz CT molecular complexity index is 452. The minimum Gasteiger partial charge on any atom is -0.480 e. The van der Waals surface area contributed by atoms with Crippen LogP contribution in [0.3, 0.4) is 0 Å². The molecule has 0 spiro atoms. The lowest BCUT2D eigenvalue weighted by molar-refractivity contribution is -0.274. The van der Waals surface area contributed by atoms with E-state index in [2.05, 4.69) is 9.72 Å². The molecule has 0 aliphatic rings. The molecule has 94 valence electrons. The molecular formula is C8H4ClF3INO3. The molecule has 0 bridgehead atoms. The first-order valence-electron chi connectivity index (χ1n) is 3.94. The van der Waals surface area contributed by atoms with Crippen LogP contribution in [-0.4, -0.2) is 23.7 Å². The van der Waals surface area contributed by atoms with Gasteiger partial charge >= 0.3 is 6.36 Å². The van der Waals surface area contributed by atoms with Crippen LogP contribution in [0.4, 0.5) is 13.2 Å². The van der Waals surface area contributed by atoms with Crippen LogP contribution in [0.2, 0.25) is 0 Å². The van der Waals surface area contributed by atoms with Gasteiger partial charge in [-0.05, 0) is 34.2 Å². The van der Waals surface area contributed by atoms with E-state index in [1.165, 1.54) is 7.11 Å². The van der Waals surface area contributed by atoms with Gasteiger partial charge < -0.3 is 9.47 Å². The first kappa shape index (κ1) is 14.3. The molecule has 1 aromatic heterocycles. The molecule has 9 heteroatoms. The summed E-state index contributed by atoms with van der Waals surface area (Å²) >= 11 is 6.80. The molecular weight excluding hydrogens is 377 g/mol. The van der Waals surface area contributed by atoms with Crippen LogP contribution in [-0.2, 0) is 0 Å². The molecule has 0 atom stereocenters. The van der Waals surface area contributed by atoms with Gasteiger partial charge in [0.05, 0.1) is 10.7 Å². The molecule has 0 N–H and O–H groups in total. The lowest BCUT2D eigenvalue weighted by Gasteiger charge is -2.12. The number of halogens is 5. The van der Waals surface area contributed by atoms with E-state index in [0.29, 0.717) is 0 Å². The fourth-order valence-electron chi connectivity index (χ4n) is 0.942. The number of hydrogen-bond acceptors (Lipinski definition) is 4. The molecule has 0 saturated carbocycles. The van der Waals surface area contributed by atoms with Crippen LogP contribution >= 0.6 is 34.2 Å². The van der Waals surface area contributed by atoms with Gasteiger partial charge in [0.2, 0.25) is 5.88 Å².